The van der Waals surface area contributed by atoms with E-state index < -0.39 is 6.17 Å². The Morgan fingerprint density at radius 1 is 1.05 bits per heavy atom. The lowest BCUT2D eigenvalue weighted by molar-refractivity contribution is -0.133. The maximum atomic E-state index is 14.4. The number of nitrogens with zero attached hydrogens (tertiary/aromatic N) is 6. The number of anilines is 1. The summed E-state index contributed by atoms with van der Waals surface area (Å²) in [6.07, 6.45) is 0.893. The summed E-state index contributed by atoms with van der Waals surface area (Å²) in [4.78, 5) is 31.4. The molecular weight excluding hydrogens is 495 g/mol. The molecule has 10 heteroatoms. The van der Waals surface area contributed by atoms with E-state index in [0.29, 0.717) is 56.4 Å². The molecule has 0 radical (unpaired) electrons. The van der Waals surface area contributed by atoms with Gasteiger partial charge in [0.25, 0.3) is 0 Å². The van der Waals surface area contributed by atoms with E-state index in [-0.39, 0.29) is 24.3 Å². The van der Waals surface area contributed by atoms with Gasteiger partial charge in [0.2, 0.25) is 5.91 Å². The van der Waals surface area contributed by atoms with Crippen molar-refractivity contribution in [1.82, 2.24) is 24.7 Å². The zero-order valence-corrected chi connectivity index (χ0v) is 22.2. The van der Waals surface area contributed by atoms with Gasteiger partial charge in [0.15, 0.2) is 0 Å². The average Bonchev–Trinajstić information content (AvgIpc) is 3.22. The highest BCUT2D eigenvalue weighted by Gasteiger charge is 2.36. The molecule has 2 aromatic rings. The van der Waals surface area contributed by atoms with Crippen molar-refractivity contribution in [2.75, 3.05) is 77.0 Å². The molecular formula is C27H36ClFN6O2. The Balaban J connectivity index is 1.27. The smallest absolute Gasteiger partial charge is 0.231 e. The molecule has 1 amide bonds. The first-order valence-electron chi connectivity index (χ1n) is 13.3. The van der Waals surface area contributed by atoms with Crippen LogP contribution in [-0.2, 0) is 4.79 Å². The standard InChI is InChI=1S/C27H36ClFN6O2/c1-19-16-23(29)25-24(19)26(31-18-30-25)34-10-12-35(13-11-34)27(37)22(20-2-4-21(28)5-3-20)17-33-8-6-32(7-9-33)14-15-36/h2-5,18-19,22-23,36H,6-17H2,1H3/t19-,22+,23+/m1/s1. The number of fused-ring (bicyclic) bond motifs is 1. The number of aromatic nitrogens is 2. The number of benzene rings is 1. The van der Waals surface area contributed by atoms with Gasteiger partial charge in [0.05, 0.1) is 18.2 Å². The molecule has 1 aromatic carbocycles. The first-order valence-corrected chi connectivity index (χ1v) is 13.7. The summed E-state index contributed by atoms with van der Waals surface area (Å²) in [5.74, 6) is 0.765. The molecule has 0 saturated carbocycles. The van der Waals surface area contributed by atoms with E-state index in [2.05, 4.69) is 24.7 Å². The molecule has 2 aliphatic heterocycles. The van der Waals surface area contributed by atoms with Crippen LogP contribution in [0.4, 0.5) is 10.2 Å². The second-order valence-corrected chi connectivity index (χ2v) is 10.8. The number of hydrogen-bond acceptors (Lipinski definition) is 7. The number of alkyl halides is 1. The monoisotopic (exact) mass is 530 g/mol. The summed E-state index contributed by atoms with van der Waals surface area (Å²) >= 11 is 6.14. The molecule has 2 fully saturated rings. The highest BCUT2D eigenvalue weighted by molar-refractivity contribution is 6.30. The number of halogens is 2. The fourth-order valence-corrected chi connectivity index (χ4v) is 6.01. The molecule has 2 saturated heterocycles. The van der Waals surface area contributed by atoms with Gasteiger partial charge in [-0.05, 0) is 30.0 Å². The third kappa shape index (κ3) is 5.74. The number of rotatable bonds is 7. The second-order valence-electron chi connectivity index (χ2n) is 10.4. The van der Waals surface area contributed by atoms with Crippen molar-refractivity contribution in [2.45, 2.75) is 31.4 Å². The van der Waals surface area contributed by atoms with Gasteiger partial charge in [0.1, 0.15) is 18.3 Å². The van der Waals surface area contributed by atoms with Crippen LogP contribution in [0, 0.1) is 0 Å². The van der Waals surface area contributed by atoms with Gasteiger partial charge in [-0.3, -0.25) is 14.6 Å². The van der Waals surface area contributed by atoms with Crippen molar-refractivity contribution < 1.29 is 14.3 Å². The van der Waals surface area contributed by atoms with E-state index in [1.165, 1.54) is 6.33 Å². The van der Waals surface area contributed by atoms with Gasteiger partial charge in [-0.2, -0.15) is 0 Å². The van der Waals surface area contributed by atoms with Crippen LogP contribution in [0.3, 0.4) is 0 Å². The van der Waals surface area contributed by atoms with Crippen molar-refractivity contribution >= 4 is 23.3 Å². The number of amides is 1. The summed E-state index contributed by atoms with van der Waals surface area (Å²) in [5, 5.41) is 9.89. The molecule has 1 aromatic heterocycles. The number of carbonyl (C=O) groups excluding carboxylic acids is 1. The van der Waals surface area contributed by atoms with Crippen molar-refractivity contribution in [2.24, 2.45) is 0 Å². The van der Waals surface area contributed by atoms with Gasteiger partial charge >= 0.3 is 0 Å². The fraction of sp³-hybridized carbons (Fsp3) is 0.593. The van der Waals surface area contributed by atoms with Crippen molar-refractivity contribution in [3.05, 3.63) is 52.4 Å². The zero-order valence-electron chi connectivity index (χ0n) is 21.4. The number of aliphatic hydroxyl groups is 1. The van der Waals surface area contributed by atoms with Gasteiger partial charge in [0, 0.05) is 76.0 Å². The first-order chi connectivity index (χ1) is 17.9. The predicted octanol–water partition coefficient (Wildman–Crippen LogP) is 2.69. The highest BCUT2D eigenvalue weighted by Crippen LogP contribution is 2.44. The lowest BCUT2D eigenvalue weighted by atomic mass is 9.96. The van der Waals surface area contributed by atoms with E-state index in [1.807, 2.05) is 36.1 Å². The molecule has 3 heterocycles. The lowest BCUT2D eigenvalue weighted by Crippen LogP contribution is -2.53. The Morgan fingerprint density at radius 3 is 2.41 bits per heavy atom. The van der Waals surface area contributed by atoms with Gasteiger partial charge in [-0.25, -0.2) is 14.4 Å². The quantitative estimate of drug-likeness (QED) is 0.590. The summed E-state index contributed by atoms with van der Waals surface area (Å²) in [7, 11) is 0. The number of aliphatic hydroxyl groups excluding tert-OH is 1. The van der Waals surface area contributed by atoms with Crippen LogP contribution >= 0.6 is 11.6 Å². The number of β-amino-alcohol motifs (C(OH)–C–C–N with tert-alkyl or cyclic N) is 1. The average molecular weight is 531 g/mol. The predicted molar refractivity (Wildman–Crippen MR) is 142 cm³/mol. The maximum Gasteiger partial charge on any atom is 0.231 e. The summed E-state index contributed by atoms with van der Waals surface area (Å²) in [6.45, 7) is 9.59. The highest BCUT2D eigenvalue weighted by atomic mass is 35.5. The van der Waals surface area contributed by atoms with Gasteiger partial charge in [-0.1, -0.05) is 30.7 Å². The van der Waals surface area contributed by atoms with E-state index in [1.54, 1.807) is 0 Å². The Kier molecular flexibility index (Phi) is 8.24. The third-order valence-corrected chi connectivity index (χ3v) is 8.28. The normalized spacial score (nSPS) is 23.8. The number of carbonyl (C=O) groups is 1. The van der Waals surface area contributed by atoms with Gasteiger partial charge < -0.3 is 14.9 Å². The molecule has 1 N–H and O–H groups in total. The van der Waals surface area contributed by atoms with Crippen LogP contribution in [0.15, 0.2) is 30.6 Å². The molecule has 8 nitrogen and oxygen atoms in total. The Hall–Kier alpha value is -2.33. The van der Waals surface area contributed by atoms with Crippen LogP contribution in [0.25, 0.3) is 0 Å². The molecule has 37 heavy (non-hydrogen) atoms. The topological polar surface area (TPSA) is 76.0 Å². The Bertz CT molecular complexity index is 1070. The fourth-order valence-electron chi connectivity index (χ4n) is 5.89. The summed E-state index contributed by atoms with van der Waals surface area (Å²) in [5.41, 5.74) is 2.43. The molecule has 5 rings (SSSR count). The van der Waals surface area contributed by atoms with E-state index in [4.69, 9.17) is 11.6 Å². The van der Waals surface area contributed by atoms with Crippen LogP contribution in [0.1, 0.15) is 48.2 Å². The Morgan fingerprint density at radius 2 is 1.73 bits per heavy atom. The molecule has 1 aliphatic carbocycles. The van der Waals surface area contributed by atoms with E-state index >= 15 is 0 Å². The largest absolute Gasteiger partial charge is 0.395 e. The van der Waals surface area contributed by atoms with Crippen LogP contribution in [0.2, 0.25) is 5.02 Å². The zero-order chi connectivity index (χ0) is 25.9. The molecule has 200 valence electrons. The van der Waals surface area contributed by atoms with Crippen molar-refractivity contribution in [1.29, 1.82) is 0 Å². The molecule has 0 unspecified atom stereocenters. The summed E-state index contributed by atoms with van der Waals surface area (Å²) in [6, 6.07) is 7.62. The van der Waals surface area contributed by atoms with E-state index in [0.717, 1.165) is 43.1 Å². The Labute approximate surface area is 223 Å². The molecule has 0 spiro atoms. The maximum absolute atomic E-state index is 14.4. The molecule has 3 aliphatic rings. The third-order valence-electron chi connectivity index (χ3n) is 8.03. The minimum absolute atomic E-state index is 0.0907. The summed E-state index contributed by atoms with van der Waals surface area (Å²) < 4.78 is 14.4. The first kappa shape index (κ1) is 26.3. The second kappa shape index (κ2) is 11.6. The minimum atomic E-state index is -1.03. The van der Waals surface area contributed by atoms with Gasteiger partial charge in [-0.15, -0.1) is 0 Å². The molecule has 3 atom stereocenters. The van der Waals surface area contributed by atoms with Crippen LogP contribution in [0.5, 0.6) is 0 Å². The van der Waals surface area contributed by atoms with Crippen molar-refractivity contribution in [3.63, 3.8) is 0 Å². The van der Waals surface area contributed by atoms with E-state index in [9.17, 15) is 14.3 Å². The lowest BCUT2D eigenvalue weighted by Gasteiger charge is -2.40. The minimum Gasteiger partial charge on any atom is -0.395 e. The number of hydrogen-bond donors (Lipinski definition) is 1. The SMILES string of the molecule is C[C@@H]1C[C@H](F)c2ncnc(N3CCN(C(=O)[C@@H](CN4CCN(CCO)CC4)c4ccc(Cl)cc4)CC3)c21. The number of piperazine rings is 2. The van der Waals surface area contributed by atoms with Crippen LogP contribution < -0.4 is 4.90 Å². The van der Waals surface area contributed by atoms with Crippen molar-refractivity contribution in [3.8, 4) is 0 Å². The van der Waals surface area contributed by atoms with Crippen LogP contribution in [-0.4, -0.2) is 108 Å². The molecule has 0 bridgehead atoms.